The van der Waals surface area contributed by atoms with Crippen LogP contribution in [0.3, 0.4) is 0 Å². The van der Waals surface area contributed by atoms with Crippen molar-refractivity contribution in [1.82, 2.24) is 4.90 Å². The van der Waals surface area contributed by atoms with Crippen molar-refractivity contribution in [2.45, 2.75) is 19.4 Å². The van der Waals surface area contributed by atoms with E-state index in [0.29, 0.717) is 16.8 Å². The van der Waals surface area contributed by atoms with Crippen molar-refractivity contribution in [3.05, 3.63) is 29.3 Å². The lowest BCUT2D eigenvalue weighted by Gasteiger charge is -2.20. The highest BCUT2D eigenvalue weighted by Crippen LogP contribution is 2.29. The van der Waals surface area contributed by atoms with E-state index in [-0.39, 0.29) is 6.54 Å². The van der Waals surface area contributed by atoms with Gasteiger partial charge in [-0.1, -0.05) is 12.1 Å². The molecule has 5 heteroatoms. The Balaban J connectivity index is 2.28. The molecule has 86 valence electrons. The third-order valence-corrected chi connectivity index (χ3v) is 2.51. The first-order valence-corrected chi connectivity index (χ1v) is 4.93. The van der Waals surface area contributed by atoms with Crippen LogP contribution in [0.4, 0.5) is 14.5 Å². The summed E-state index contributed by atoms with van der Waals surface area (Å²) >= 11 is 0. The van der Waals surface area contributed by atoms with Crippen LogP contribution < -0.4 is 5.73 Å². The van der Waals surface area contributed by atoms with Crippen molar-refractivity contribution in [3.63, 3.8) is 0 Å². The Morgan fingerprint density at radius 1 is 1.50 bits per heavy atom. The number of nitrogens with two attached hydrogens (primary N) is 1. The highest BCUT2D eigenvalue weighted by molar-refractivity contribution is 6.03. The fourth-order valence-electron chi connectivity index (χ4n) is 1.91. The molecular weight excluding hydrogens is 214 g/mol. The van der Waals surface area contributed by atoms with Gasteiger partial charge in [-0.25, -0.2) is 8.78 Å². The molecule has 0 bridgehead atoms. The molecule has 0 aromatic heterocycles. The summed E-state index contributed by atoms with van der Waals surface area (Å²) in [6, 6.07) is 5.05. The average molecular weight is 226 g/mol. The molecule has 1 amide bonds. The Labute approximate surface area is 91.8 Å². The molecule has 1 aliphatic heterocycles. The normalized spacial score (nSPS) is 15.4. The summed E-state index contributed by atoms with van der Waals surface area (Å²) in [5, 5.41) is 0. The standard InChI is InChI=1S/C11H12F2N2O/c1-11(12,13)6-15-5-7-3-2-4-8(14)9(7)10(15)16/h2-4H,5-6,14H2,1H3. The van der Waals surface area contributed by atoms with Crippen molar-refractivity contribution in [2.75, 3.05) is 12.3 Å². The predicted octanol–water partition coefficient (Wildman–Crippen LogP) is 1.88. The number of benzene rings is 1. The molecular formula is C11H12F2N2O. The molecule has 0 atom stereocenters. The minimum absolute atomic E-state index is 0.211. The van der Waals surface area contributed by atoms with Gasteiger partial charge in [-0.05, 0) is 11.6 Å². The molecule has 3 nitrogen and oxygen atoms in total. The zero-order valence-corrected chi connectivity index (χ0v) is 8.84. The van der Waals surface area contributed by atoms with E-state index < -0.39 is 18.4 Å². The van der Waals surface area contributed by atoms with Gasteiger partial charge in [0.05, 0.1) is 12.1 Å². The number of halogens is 2. The fraction of sp³-hybridized carbons (Fsp3) is 0.364. The van der Waals surface area contributed by atoms with Crippen LogP contribution in [0.25, 0.3) is 0 Å². The minimum atomic E-state index is -2.88. The van der Waals surface area contributed by atoms with Gasteiger partial charge >= 0.3 is 0 Å². The number of fused-ring (bicyclic) bond motifs is 1. The van der Waals surface area contributed by atoms with Crippen molar-refractivity contribution in [1.29, 1.82) is 0 Å². The van der Waals surface area contributed by atoms with Crippen molar-refractivity contribution >= 4 is 11.6 Å². The summed E-state index contributed by atoms with van der Waals surface area (Å²) in [5.41, 5.74) is 7.09. The van der Waals surface area contributed by atoms with Gasteiger partial charge in [-0.15, -0.1) is 0 Å². The van der Waals surface area contributed by atoms with E-state index in [4.69, 9.17) is 5.73 Å². The van der Waals surface area contributed by atoms with Gasteiger partial charge in [0.1, 0.15) is 0 Å². The number of nitrogens with zero attached hydrogens (tertiary/aromatic N) is 1. The predicted molar refractivity (Wildman–Crippen MR) is 56.2 cm³/mol. The molecule has 1 heterocycles. The number of hydrogen-bond donors (Lipinski definition) is 1. The first kappa shape index (κ1) is 10.9. The van der Waals surface area contributed by atoms with Gasteiger partial charge in [0.15, 0.2) is 0 Å². The fourth-order valence-corrected chi connectivity index (χ4v) is 1.91. The number of carbonyl (C=O) groups excluding carboxylic acids is 1. The largest absolute Gasteiger partial charge is 0.398 e. The van der Waals surface area contributed by atoms with Gasteiger partial charge in [-0.2, -0.15) is 0 Å². The van der Waals surface area contributed by atoms with E-state index in [0.717, 1.165) is 11.8 Å². The van der Waals surface area contributed by atoms with Crippen molar-refractivity contribution < 1.29 is 13.6 Å². The number of alkyl halides is 2. The summed E-state index contributed by atoms with van der Waals surface area (Å²) < 4.78 is 25.7. The smallest absolute Gasteiger partial charge is 0.262 e. The summed E-state index contributed by atoms with van der Waals surface area (Å²) in [6.07, 6.45) is 0. The molecule has 0 aliphatic carbocycles. The number of hydrogen-bond acceptors (Lipinski definition) is 2. The Kier molecular flexibility index (Phi) is 2.33. The molecule has 1 aromatic rings. The van der Waals surface area contributed by atoms with Gasteiger partial charge in [0, 0.05) is 19.2 Å². The Bertz CT molecular complexity index is 440. The van der Waals surface area contributed by atoms with Gasteiger partial charge in [0.25, 0.3) is 11.8 Å². The summed E-state index contributed by atoms with van der Waals surface area (Å²) in [7, 11) is 0. The minimum Gasteiger partial charge on any atom is -0.398 e. The van der Waals surface area contributed by atoms with E-state index in [1.54, 1.807) is 18.2 Å². The van der Waals surface area contributed by atoms with Crippen LogP contribution in [-0.4, -0.2) is 23.3 Å². The second-order valence-electron chi connectivity index (χ2n) is 4.11. The molecule has 0 radical (unpaired) electrons. The first-order valence-electron chi connectivity index (χ1n) is 4.93. The molecule has 0 saturated heterocycles. The molecule has 0 spiro atoms. The number of amides is 1. The second kappa shape index (κ2) is 3.43. The lowest BCUT2D eigenvalue weighted by Crippen LogP contribution is -2.35. The first-order chi connectivity index (χ1) is 7.38. The number of carbonyl (C=O) groups is 1. The lowest BCUT2D eigenvalue weighted by atomic mass is 10.1. The monoisotopic (exact) mass is 226 g/mol. The zero-order chi connectivity index (χ0) is 11.9. The molecule has 0 saturated carbocycles. The van der Waals surface area contributed by atoms with Crippen LogP contribution in [0.1, 0.15) is 22.8 Å². The lowest BCUT2D eigenvalue weighted by molar-refractivity contribution is -0.0105. The van der Waals surface area contributed by atoms with Crippen LogP contribution in [0, 0.1) is 0 Å². The van der Waals surface area contributed by atoms with Gasteiger partial charge < -0.3 is 10.6 Å². The molecule has 16 heavy (non-hydrogen) atoms. The summed E-state index contributed by atoms with van der Waals surface area (Å²) in [4.78, 5) is 12.9. The van der Waals surface area contributed by atoms with E-state index in [9.17, 15) is 13.6 Å². The Morgan fingerprint density at radius 3 is 2.75 bits per heavy atom. The van der Waals surface area contributed by atoms with E-state index in [1.165, 1.54) is 0 Å². The quantitative estimate of drug-likeness (QED) is 0.782. The second-order valence-corrected chi connectivity index (χ2v) is 4.11. The average Bonchev–Trinajstić information content (AvgIpc) is 2.42. The SMILES string of the molecule is CC(F)(F)CN1Cc2cccc(N)c2C1=O. The maximum Gasteiger partial charge on any atom is 0.262 e. The third kappa shape index (κ3) is 1.85. The molecule has 1 aliphatic rings. The number of anilines is 1. The number of nitrogen functional groups attached to an aromatic ring is 1. The van der Waals surface area contributed by atoms with Crippen LogP contribution in [0.2, 0.25) is 0 Å². The maximum atomic E-state index is 12.8. The summed E-state index contributed by atoms with van der Waals surface area (Å²) in [5.74, 6) is -3.29. The Hall–Kier alpha value is -1.65. The molecule has 0 fully saturated rings. The highest BCUT2D eigenvalue weighted by atomic mass is 19.3. The van der Waals surface area contributed by atoms with E-state index >= 15 is 0 Å². The maximum absolute atomic E-state index is 12.8. The van der Waals surface area contributed by atoms with Crippen molar-refractivity contribution in [2.24, 2.45) is 0 Å². The van der Waals surface area contributed by atoms with E-state index in [2.05, 4.69) is 0 Å². The molecule has 2 N–H and O–H groups in total. The summed E-state index contributed by atoms with van der Waals surface area (Å²) in [6.45, 7) is 0.440. The third-order valence-electron chi connectivity index (χ3n) is 2.51. The van der Waals surface area contributed by atoms with Crippen LogP contribution in [0.15, 0.2) is 18.2 Å². The van der Waals surface area contributed by atoms with E-state index in [1.807, 2.05) is 0 Å². The highest BCUT2D eigenvalue weighted by Gasteiger charge is 2.34. The molecule has 1 aromatic carbocycles. The zero-order valence-electron chi connectivity index (χ0n) is 8.84. The van der Waals surface area contributed by atoms with Crippen LogP contribution >= 0.6 is 0 Å². The van der Waals surface area contributed by atoms with Gasteiger partial charge in [0.2, 0.25) is 0 Å². The molecule has 2 rings (SSSR count). The van der Waals surface area contributed by atoms with Crippen LogP contribution in [-0.2, 0) is 6.54 Å². The molecule has 0 unspecified atom stereocenters. The topological polar surface area (TPSA) is 46.3 Å². The Morgan fingerprint density at radius 2 is 2.19 bits per heavy atom. The van der Waals surface area contributed by atoms with Gasteiger partial charge in [-0.3, -0.25) is 4.79 Å². The number of rotatable bonds is 2. The van der Waals surface area contributed by atoms with Crippen molar-refractivity contribution in [3.8, 4) is 0 Å². The van der Waals surface area contributed by atoms with Crippen LogP contribution in [0.5, 0.6) is 0 Å².